The topological polar surface area (TPSA) is 64.4 Å². The van der Waals surface area contributed by atoms with Crippen molar-refractivity contribution < 1.29 is 13.9 Å². The minimum Gasteiger partial charge on any atom is -0.497 e. The summed E-state index contributed by atoms with van der Waals surface area (Å²) in [6.07, 6.45) is 0. The summed E-state index contributed by atoms with van der Waals surface area (Å²) in [7, 11) is 1.57. The van der Waals surface area contributed by atoms with Crippen LogP contribution >= 0.6 is 22.6 Å². The van der Waals surface area contributed by atoms with Crippen molar-refractivity contribution in [3.8, 4) is 17.2 Å². The van der Waals surface area contributed by atoms with E-state index >= 15 is 0 Å². The highest BCUT2D eigenvalue weighted by Gasteiger charge is 2.11. The van der Waals surface area contributed by atoms with Crippen LogP contribution in [-0.4, -0.2) is 18.0 Å². The van der Waals surface area contributed by atoms with Gasteiger partial charge in [-0.1, -0.05) is 12.1 Å². The first kappa shape index (κ1) is 17.5. The van der Waals surface area contributed by atoms with E-state index in [9.17, 15) is 4.79 Å². The quantitative estimate of drug-likeness (QED) is 0.408. The van der Waals surface area contributed by atoms with E-state index in [1.807, 2.05) is 24.3 Å². The first-order valence-corrected chi connectivity index (χ1v) is 9.32. The van der Waals surface area contributed by atoms with E-state index in [1.165, 1.54) is 0 Å². The van der Waals surface area contributed by atoms with Crippen molar-refractivity contribution in [1.82, 2.24) is 4.98 Å². The number of ether oxygens (including phenoxy) is 1. The highest BCUT2D eigenvalue weighted by atomic mass is 127. The van der Waals surface area contributed by atoms with E-state index in [1.54, 1.807) is 49.6 Å². The number of hydrogen-bond acceptors (Lipinski definition) is 4. The molecule has 0 radical (unpaired) electrons. The molecule has 1 aromatic heterocycles. The number of carbonyl (C=O) groups excluding carboxylic acids is 1. The molecule has 3 aromatic carbocycles. The predicted molar refractivity (Wildman–Crippen MR) is 113 cm³/mol. The van der Waals surface area contributed by atoms with Crippen LogP contribution in [0.2, 0.25) is 0 Å². The SMILES string of the molecule is COc1cccc(C(=O)Nc2ccc3oc(-c4cccc(I)c4)nc3c2)c1. The maximum atomic E-state index is 12.5. The predicted octanol–water partition coefficient (Wildman–Crippen LogP) is 5.36. The van der Waals surface area contributed by atoms with E-state index in [-0.39, 0.29) is 5.91 Å². The first-order valence-electron chi connectivity index (χ1n) is 8.24. The van der Waals surface area contributed by atoms with Gasteiger partial charge in [0.25, 0.3) is 5.91 Å². The number of nitrogens with zero attached hydrogens (tertiary/aromatic N) is 1. The molecule has 1 amide bonds. The molecule has 0 saturated carbocycles. The van der Waals surface area contributed by atoms with E-state index in [2.05, 4.69) is 32.9 Å². The molecule has 6 heteroatoms. The maximum Gasteiger partial charge on any atom is 0.255 e. The first-order chi connectivity index (χ1) is 13.1. The summed E-state index contributed by atoms with van der Waals surface area (Å²) < 4.78 is 12.1. The van der Waals surface area contributed by atoms with Gasteiger partial charge in [-0.15, -0.1) is 0 Å². The van der Waals surface area contributed by atoms with Gasteiger partial charge >= 0.3 is 0 Å². The van der Waals surface area contributed by atoms with Crippen molar-refractivity contribution in [1.29, 1.82) is 0 Å². The Morgan fingerprint density at radius 2 is 1.93 bits per heavy atom. The Morgan fingerprint density at radius 1 is 1.07 bits per heavy atom. The third kappa shape index (κ3) is 3.80. The summed E-state index contributed by atoms with van der Waals surface area (Å²) in [5, 5.41) is 2.88. The summed E-state index contributed by atoms with van der Waals surface area (Å²) in [5.41, 5.74) is 3.45. The van der Waals surface area contributed by atoms with E-state index in [0.717, 1.165) is 9.13 Å². The number of nitrogens with one attached hydrogen (secondary N) is 1. The molecule has 0 bridgehead atoms. The van der Waals surface area contributed by atoms with Gasteiger partial charge in [0.1, 0.15) is 11.3 Å². The number of amides is 1. The Kier molecular flexibility index (Phi) is 4.81. The standard InChI is InChI=1S/C21H15IN2O3/c1-26-17-7-3-4-13(11-17)20(25)23-16-8-9-19-18(12-16)24-21(27-19)14-5-2-6-15(22)10-14/h2-12H,1H3,(H,23,25). The number of anilines is 1. The molecule has 4 aromatic rings. The Morgan fingerprint density at radius 3 is 2.74 bits per heavy atom. The van der Waals surface area contributed by atoms with Crippen LogP contribution in [0, 0.1) is 3.57 Å². The van der Waals surface area contributed by atoms with Crippen LogP contribution < -0.4 is 10.1 Å². The lowest BCUT2D eigenvalue weighted by atomic mass is 10.2. The highest BCUT2D eigenvalue weighted by molar-refractivity contribution is 14.1. The number of halogens is 1. The second-order valence-electron chi connectivity index (χ2n) is 5.90. The second kappa shape index (κ2) is 7.40. The van der Waals surface area contributed by atoms with Crippen LogP contribution in [0.15, 0.2) is 71.1 Å². The van der Waals surface area contributed by atoms with Crippen molar-refractivity contribution in [2.75, 3.05) is 12.4 Å². The van der Waals surface area contributed by atoms with Gasteiger partial charge in [-0.25, -0.2) is 4.98 Å². The van der Waals surface area contributed by atoms with Crippen LogP contribution in [0.1, 0.15) is 10.4 Å². The van der Waals surface area contributed by atoms with Crippen LogP contribution in [0.25, 0.3) is 22.6 Å². The number of aromatic nitrogens is 1. The minimum atomic E-state index is -0.213. The lowest BCUT2D eigenvalue weighted by Gasteiger charge is -2.06. The molecule has 0 fully saturated rings. The molecular formula is C21H15IN2O3. The fraction of sp³-hybridized carbons (Fsp3) is 0.0476. The highest BCUT2D eigenvalue weighted by Crippen LogP contribution is 2.27. The zero-order valence-electron chi connectivity index (χ0n) is 14.4. The van der Waals surface area contributed by atoms with Gasteiger partial charge in [-0.2, -0.15) is 0 Å². The van der Waals surface area contributed by atoms with E-state index in [0.29, 0.717) is 34.0 Å². The fourth-order valence-electron chi connectivity index (χ4n) is 2.72. The lowest BCUT2D eigenvalue weighted by molar-refractivity contribution is 0.102. The Balaban J connectivity index is 1.60. The molecule has 134 valence electrons. The van der Waals surface area contributed by atoms with Gasteiger partial charge in [-0.3, -0.25) is 4.79 Å². The molecule has 0 atom stereocenters. The number of fused-ring (bicyclic) bond motifs is 1. The Labute approximate surface area is 169 Å². The zero-order valence-corrected chi connectivity index (χ0v) is 16.6. The minimum absolute atomic E-state index is 0.213. The number of carbonyl (C=O) groups is 1. The van der Waals surface area contributed by atoms with Crippen molar-refractivity contribution in [3.05, 3.63) is 75.9 Å². The van der Waals surface area contributed by atoms with Crippen LogP contribution in [0.4, 0.5) is 5.69 Å². The van der Waals surface area contributed by atoms with Gasteiger partial charge in [0.2, 0.25) is 5.89 Å². The molecule has 0 aliphatic heterocycles. The molecular weight excluding hydrogens is 455 g/mol. The largest absolute Gasteiger partial charge is 0.497 e. The molecule has 0 aliphatic carbocycles. The van der Waals surface area contributed by atoms with Crippen molar-refractivity contribution in [3.63, 3.8) is 0 Å². The summed E-state index contributed by atoms with van der Waals surface area (Å²) >= 11 is 2.25. The van der Waals surface area contributed by atoms with Crippen LogP contribution in [-0.2, 0) is 0 Å². The summed E-state index contributed by atoms with van der Waals surface area (Å²) in [4.78, 5) is 17.0. The van der Waals surface area contributed by atoms with Gasteiger partial charge in [-0.05, 0) is 77.2 Å². The summed E-state index contributed by atoms with van der Waals surface area (Å²) in [6.45, 7) is 0. The van der Waals surface area contributed by atoms with Crippen LogP contribution in [0.3, 0.4) is 0 Å². The van der Waals surface area contributed by atoms with Crippen molar-refractivity contribution in [2.24, 2.45) is 0 Å². The third-order valence-electron chi connectivity index (χ3n) is 4.05. The van der Waals surface area contributed by atoms with Crippen molar-refractivity contribution >= 4 is 45.3 Å². The van der Waals surface area contributed by atoms with Gasteiger partial charge in [0.05, 0.1) is 7.11 Å². The molecule has 0 aliphatic rings. The molecule has 27 heavy (non-hydrogen) atoms. The maximum absolute atomic E-state index is 12.5. The number of rotatable bonds is 4. The molecule has 0 spiro atoms. The molecule has 1 heterocycles. The lowest BCUT2D eigenvalue weighted by Crippen LogP contribution is -2.11. The number of oxazole rings is 1. The normalized spacial score (nSPS) is 10.7. The Bertz CT molecular complexity index is 1140. The second-order valence-corrected chi connectivity index (χ2v) is 7.14. The van der Waals surface area contributed by atoms with Crippen molar-refractivity contribution in [2.45, 2.75) is 0 Å². The van der Waals surface area contributed by atoms with E-state index < -0.39 is 0 Å². The summed E-state index contributed by atoms with van der Waals surface area (Å²) in [5.74, 6) is 0.978. The molecule has 0 saturated heterocycles. The summed E-state index contributed by atoms with van der Waals surface area (Å²) in [6, 6.07) is 20.4. The van der Waals surface area contributed by atoms with Gasteiger partial charge in [0, 0.05) is 20.4 Å². The smallest absolute Gasteiger partial charge is 0.255 e. The zero-order chi connectivity index (χ0) is 18.8. The fourth-order valence-corrected chi connectivity index (χ4v) is 3.26. The van der Waals surface area contributed by atoms with E-state index in [4.69, 9.17) is 9.15 Å². The Hall–Kier alpha value is -2.87. The van der Waals surface area contributed by atoms with Gasteiger partial charge in [0.15, 0.2) is 5.58 Å². The molecule has 0 unspecified atom stereocenters. The van der Waals surface area contributed by atoms with Gasteiger partial charge < -0.3 is 14.5 Å². The number of hydrogen-bond donors (Lipinski definition) is 1. The third-order valence-corrected chi connectivity index (χ3v) is 4.72. The average Bonchev–Trinajstić information content (AvgIpc) is 3.11. The number of methoxy groups -OCH3 is 1. The monoisotopic (exact) mass is 470 g/mol. The average molecular weight is 470 g/mol. The molecule has 4 rings (SSSR count). The number of benzene rings is 3. The molecule has 5 nitrogen and oxygen atoms in total. The van der Waals surface area contributed by atoms with Crippen LogP contribution in [0.5, 0.6) is 5.75 Å². The molecule has 1 N–H and O–H groups in total.